The van der Waals surface area contributed by atoms with Crippen molar-refractivity contribution in [2.45, 2.75) is 136 Å². The van der Waals surface area contributed by atoms with E-state index in [0.717, 1.165) is 25.7 Å². The minimum atomic E-state index is -0.481. The minimum Gasteiger partial charge on any atom is -0.434 e. The van der Waals surface area contributed by atoms with Crippen LogP contribution in [0.15, 0.2) is 0 Å². The average Bonchev–Trinajstić information content (AvgIpc) is 2.67. The van der Waals surface area contributed by atoms with E-state index in [1.807, 2.05) is 0 Å². The molecule has 3 nitrogen and oxygen atoms in total. The second-order valence-electron chi connectivity index (χ2n) is 7.96. The first-order valence-corrected chi connectivity index (χ1v) is 12.1. The molecule has 0 amide bonds. The molecule has 0 unspecified atom stereocenters. The van der Waals surface area contributed by atoms with Gasteiger partial charge in [0.05, 0.1) is 13.2 Å². The van der Waals surface area contributed by atoms with Crippen molar-refractivity contribution in [2.24, 2.45) is 0 Å². The summed E-state index contributed by atoms with van der Waals surface area (Å²) in [6.45, 7) is 5.53. The summed E-state index contributed by atoms with van der Waals surface area (Å²) in [6.07, 6.45) is 23.9. The molecule has 0 aromatic rings. The Morgan fingerprint density at radius 3 is 1.00 bits per heavy atom. The maximum Gasteiger partial charge on any atom is 0.508 e. The largest absolute Gasteiger partial charge is 0.508 e. The van der Waals surface area contributed by atoms with Crippen molar-refractivity contribution in [2.75, 3.05) is 13.2 Å². The lowest BCUT2D eigenvalue weighted by Gasteiger charge is -2.06. The molecule has 0 aliphatic heterocycles. The van der Waals surface area contributed by atoms with Gasteiger partial charge in [-0.15, -0.1) is 0 Å². The van der Waals surface area contributed by atoms with Gasteiger partial charge in [0.25, 0.3) is 0 Å². The van der Waals surface area contributed by atoms with E-state index >= 15 is 0 Å². The van der Waals surface area contributed by atoms with Gasteiger partial charge in [-0.25, -0.2) is 4.79 Å². The molecule has 27 heavy (non-hydrogen) atoms. The van der Waals surface area contributed by atoms with Crippen LogP contribution in [0.5, 0.6) is 0 Å². The normalized spacial score (nSPS) is 10.9. The van der Waals surface area contributed by atoms with Crippen molar-refractivity contribution in [3.63, 3.8) is 0 Å². The summed E-state index contributed by atoms with van der Waals surface area (Å²) in [5.41, 5.74) is 0. The zero-order valence-electron chi connectivity index (χ0n) is 18.6. The quantitative estimate of drug-likeness (QED) is 0.147. The van der Waals surface area contributed by atoms with Crippen molar-refractivity contribution in [1.29, 1.82) is 0 Å². The van der Waals surface area contributed by atoms with E-state index in [-0.39, 0.29) is 0 Å². The van der Waals surface area contributed by atoms with Crippen LogP contribution in [0.4, 0.5) is 4.79 Å². The molecule has 0 saturated heterocycles. The maximum atomic E-state index is 11.5. The van der Waals surface area contributed by atoms with Gasteiger partial charge in [0.15, 0.2) is 0 Å². The Kier molecular flexibility index (Phi) is 22.7. The highest BCUT2D eigenvalue weighted by atomic mass is 16.7. The molecule has 0 aliphatic carbocycles. The topological polar surface area (TPSA) is 35.5 Å². The summed E-state index contributed by atoms with van der Waals surface area (Å²) in [4.78, 5) is 11.5. The lowest BCUT2D eigenvalue weighted by atomic mass is 10.1. The van der Waals surface area contributed by atoms with Crippen LogP contribution >= 0.6 is 0 Å². The first-order valence-electron chi connectivity index (χ1n) is 12.1. The molecule has 0 aliphatic rings. The Balaban J connectivity index is 3.13. The predicted octanol–water partition coefficient (Wildman–Crippen LogP) is 8.59. The fourth-order valence-electron chi connectivity index (χ4n) is 3.35. The van der Waals surface area contributed by atoms with Crippen LogP contribution in [-0.2, 0) is 9.47 Å². The van der Waals surface area contributed by atoms with Gasteiger partial charge in [0.2, 0.25) is 0 Å². The van der Waals surface area contributed by atoms with Gasteiger partial charge in [-0.1, -0.05) is 123 Å². The van der Waals surface area contributed by atoms with Crippen molar-refractivity contribution >= 4 is 6.16 Å². The molecule has 0 saturated carbocycles. The SMILES string of the molecule is CCCCCCCCCCCCOC(=O)OCCCCCCCCCCC. The fraction of sp³-hybridized carbons (Fsp3) is 0.958. The van der Waals surface area contributed by atoms with Crippen molar-refractivity contribution in [3.8, 4) is 0 Å². The van der Waals surface area contributed by atoms with Gasteiger partial charge in [-0.3, -0.25) is 0 Å². The lowest BCUT2D eigenvalue weighted by Crippen LogP contribution is -2.09. The van der Waals surface area contributed by atoms with E-state index in [1.54, 1.807) is 0 Å². The van der Waals surface area contributed by atoms with Gasteiger partial charge >= 0.3 is 6.16 Å². The molecule has 3 heteroatoms. The number of carbonyl (C=O) groups excluding carboxylic acids is 1. The first kappa shape index (κ1) is 26.3. The number of ether oxygens (including phenoxy) is 2. The van der Waals surface area contributed by atoms with Crippen LogP contribution in [-0.4, -0.2) is 19.4 Å². The summed E-state index contributed by atoms with van der Waals surface area (Å²) < 4.78 is 10.3. The lowest BCUT2D eigenvalue weighted by molar-refractivity contribution is 0.0529. The molecule has 0 rings (SSSR count). The molecule has 0 radical (unpaired) electrons. The maximum absolute atomic E-state index is 11.5. The first-order chi connectivity index (χ1) is 13.3. The second kappa shape index (κ2) is 23.3. The Morgan fingerprint density at radius 1 is 0.444 bits per heavy atom. The Hall–Kier alpha value is -0.730. The number of carbonyl (C=O) groups is 1. The fourth-order valence-corrected chi connectivity index (χ4v) is 3.35. The van der Waals surface area contributed by atoms with E-state index in [4.69, 9.17) is 9.47 Å². The highest BCUT2D eigenvalue weighted by Crippen LogP contribution is 2.11. The van der Waals surface area contributed by atoms with Crippen LogP contribution in [0.3, 0.4) is 0 Å². The molecular weight excluding hydrogens is 336 g/mol. The summed E-state index contributed by atoms with van der Waals surface area (Å²) in [6, 6.07) is 0. The van der Waals surface area contributed by atoms with E-state index in [0.29, 0.717) is 13.2 Å². The third-order valence-corrected chi connectivity index (χ3v) is 5.19. The molecule has 0 atom stereocenters. The Bertz CT molecular complexity index is 291. The molecule has 0 aromatic heterocycles. The third kappa shape index (κ3) is 23.2. The van der Waals surface area contributed by atoms with Gasteiger partial charge < -0.3 is 9.47 Å². The van der Waals surface area contributed by atoms with Crippen molar-refractivity contribution in [1.82, 2.24) is 0 Å². The van der Waals surface area contributed by atoms with Crippen LogP contribution in [0, 0.1) is 0 Å². The molecule has 162 valence electrons. The Labute approximate surface area is 170 Å². The van der Waals surface area contributed by atoms with Crippen molar-refractivity contribution < 1.29 is 14.3 Å². The van der Waals surface area contributed by atoms with Gasteiger partial charge in [0, 0.05) is 0 Å². The van der Waals surface area contributed by atoms with E-state index in [2.05, 4.69) is 13.8 Å². The molecule has 0 bridgehead atoms. The Morgan fingerprint density at radius 2 is 0.704 bits per heavy atom. The monoisotopic (exact) mass is 384 g/mol. The van der Waals surface area contributed by atoms with Crippen molar-refractivity contribution in [3.05, 3.63) is 0 Å². The standard InChI is InChI=1S/C24H48O3/c1-3-5-7-9-11-13-15-17-19-21-23-27-24(25)26-22-20-18-16-14-12-10-8-6-4-2/h3-23H2,1-2H3. The summed E-state index contributed by atoms with van der Waals surface area (Å²) in [5.74, 6) is 0. The molecule has 0 heterocycles. The third-order valence-electron chi connectivity index (χ3n) is 5.19. The summed E-state index contributed by atoms with van der Waals surface area (Å²) in [7, 11) is 0. The van der Waals surface area contributed by atoms with E-state index in [1.165, 1.54) is 96.3 Å². The van der Waals surface area contributed by atoms with Crippen LogP contribution < -0.4 is 0 Å². The second-order valence-corrected chi connectivity index (χ2v) is 7.96. The van der Waals surface area contributed by atoms with Gasteiger partial charge in [0.1, 0.15) is 0 Å². The van der Waals surface area contributed by atoms with Gasteiger partial charge in [-0.2, -0.15) is 0 Å². The molecule has 0 N–H and O–H groups in total. The molecule has 0 aromatic carbocycles. The number of hydrogen-bond donors (Lipinski definition) is 0. The van der Waals surface area contributed by atoms with Gasteiger partial charge in [-0.05, 0) is 12.8 Å². The molecule has 0 spiro atoms. The number of rotatable bonds is 21. The number of hydrogen-bond acceptors (Lipinski definition) is 3. The van der Waals surface area contributed by atoms with E-state index < -0.39 is 6.16 Å². The number of unbranched alkanes of at least 4 members (excludes halogenated alkanes) is 17. The van der Waals surface area contributed by atoms with Crippen LogP contribution in [0.25, 0.3) is 0 Å². The highest BCUT2D eigenvalue weighted by molar-refractivity contribution is 5.59. The van der Waals surface area contributed by atoms with Crippen LogP contribution in [0.1, 0.15) is 136 Å². The average molecular weight is 385 g/mol. The molecular formula is C24H48O3. The van der Waals surface area contributed by atoms with E-state index in [9.17, 15) is 4.79 Å². The zero-order chi connectivity index (χ0) is 19.8. The smallest absolute Gasteiger partial charge is 0.434 e. The molecule has 0 fully saturated rings. The predicted molar refractivity (Wildman–Crippen MR) is 116 cm³/mol. The highest BCUT2D eigenvalue weighted by Gasteiger charge is 2.03. The minimum absolute atomic E-state index is 0.481. The summed E-state index contributed by atoms with van der Waals surface area (Å²) in [5, 5.41) is 0. The zero-order valence-corrected chi connectivity index (χ0v) is 18.6. The summed E-state index contributed by atoms with van der Waals surface area (Å²) >= 11 is 0. The van der Waals surface area contributed by atoms with Crippen LogP contribution in [0.2, 0.25) is 0 Å².